The molecular weight excluding hydrogens is 226 g/mol. The van der Waals surface area contributed by atoms with Crippen LogP contribution in [0.3, 0.4) is 0 Å². The molecule has 0 atom stereocenters. The molecule has 0 saturated carbocycles. The SMILES string of the molecule is CCCNCc1ccc(-n2ccnc2C#N)nc1. The summed E-state index contributed by atoms with van der Waals surface area (Å²) in [6, 6.07) is 5.93. The number of aromatic nitrogens is 3. The summed E-state index contributed by atoms with van der Waals surface area (Å²) in [5, 5.41) is 12.2. The highest BCUT2D eigenvalue weighted by atomic mass is 15.1. The van der Waals surface area contributed by atoms with Gasteiger partial charge >= 0.3 is 0 Å². The lowest BCUT2D eigenvalue weighted by atomic mass is 10.2. The van der Waals surface area contributed by atoms with Gasteiger partial charge in [0.1, 0.15) is 11.9 Å². The van der Waals surface area contributed by atoms with Crippen molar-refractivity contribution in [2.75, 3.05) is 6.54 Å². The maximum Gasteiger partial charge on any atom is 0.218 e. The van der Waals surface area contributed by atoms with E-state index in [2.05, 4.69) is 22.2 Å². The van der Waals surface area contributed by atoms with Crippen molar-refractivity contribution in [2.45, 2.75) is 19.9 Å². The molecule has 0 aliphatic rings. The van der Waals surface area contributed by atoms with Crippen LogP contribution < -0.4 is 5.32 Å². The van der Waals surface area contributed by atoms with Crippen LogP contribution in [0.5, 0.6) is 0 Å². The molecule has 0 aliphatic heterocycles. The molecule has 0 amide bonds. The van der Waals surface area contributed by atoms with E-state index in [1.165, 1.54) is 0 Å². The van der Waals surface area contributed by atoms with E-state index >= 15 is 0 Å². The smallest absolute Gasteiger partial charge is 0.218 e. The first-order valence-corrected chi connectivity index (χ1v) is 5.94. The van der Waals surface area contributed by atoms with Crippen LogP contribution in [0.15, 0.2) is 30.7 Å². The van der Waals surface area contributed by atoms with Crippen LogP contribution in [0, 0.1) is 11.3 Å². The Kier molecular flexibility index (Phi) is 4.05. The van der Waals surface area contributed by atoms with Crippen molar-refractivity contribution in [1.82, 2.24) is 19.9 Å². The van der Waals surface area contributed by atoms with Gasteiger partial charge in [0, 0.05) is 25.1 Å². The van der Waals surface area contributed by atoms with Crippen LogP contribution >= 0.6 is 0 Å². The van der Waals surface area contributed by atoms with Crippen molar-refractivity contribution in [2.24, 2.45) is 0 Å². The van der Waals surface area contributed by atoms with E-state index in [9.17, 15) is 0 Å². The molecule has 0 bridgehead atoms. The van der Waals surface area contributed by atoms with Gasteiger partial charge in [0.15, 0.2) is 0 Å². The van der Waals surface area contributed by atoms with Crippen LogP contribution in [0.1, 0.15) is 24.7 Å². The molecule has 18 heavy (non-hydrogen) atoms. The maximum atomic E-state index is 8.90. The van der Waals surface area contributed by atoms with E-state index in [0.29, 0.717) is 11.6 Å². The Bertz CT molecular complexity index is 535. The highest BCUT2D eigenvalue weighted by Crippen LogP contribution is 2.08. The Morgan fingerprint density at radius 3 is 2.94 bits per heavy atom. The molecule has 1 N–H and O–H groups in total. The Morgan fingerprint density at radius 2 is 2.28 bits per heavy atom. The monoisotopic (exact) mass is 241 g/mol. The molecule has 2 heterocycles. The lowest BCUT2D eigenvalue weighted by molar-refractivity contribution is 0.673. The molecule has 0 fully saturated rings. The Hall–Kier alpha value is -2.19. The molecule has 2 aromatic rings. The topological polar surface area (TPSA) is 66.5 Å². The summed E-state index contributed by atoms with van der Waals surface area (Å²) >= 11 is 0. The standard InChI is InChI=1S/C13H15N5/c1-2-5-15-9-11-3-4-12(17-10-11)18-7-6-16-13(18)8-14/h3-4,6-7,10,15H,2,5,9H2,1H3. The van der Waals surface area contributed by atoms with Crippen LogP contribution in [-0.4, -0.2) is 21.1 Å². The lowest BCUT2D eigenvalue weighted by Crippen LogP contribution is -2.14. The molecule has 5 nitrogen and oxygen atoms in total. The zero-order valence-electron chi connectivity index (χ0n) is 10.3. The third-order valence-electron chi connectivity index (χ3n) is 2.55. The van der Waals surface area contributed by atoms with Gasteiger partial charge in [-0.2, -0.15) is 5.26 Å². The first kappa shape index (κ1) is 12.3. The zero-order chi connectivity index (χ0) is 12.8. The Morgan fingerprint density at radius 1 is 1.39 bits per heavy atom. The van der Waals surface area contributed by atoms with E-state index in [0.717, 1.165) is 25.1 Å². The quantitative estimate of drug-likeness (QED) is 0.808. The van der Waals surface area contributed by atoms with Crippen molar-refractivity contribution < 1.29 is 0 Å². The van der Waals surface area contributed by atoms with Gasteiger partial charge in [0.25, 0.3) is 0 Å². The molecular formula is C13H15N5. The predicted octanol–water partition coefficient (Wildman–Crippen LogP) is 1.64. The number of nitriles is 1. The van der Waals surface area contributed by atoms with E-state index < -0.39 is 0 Å². The average molecular weight is 241 g/mol. The highest BCUT2D eigenvalue weighted by Gasteiger charge is 2.04. The van der Waals surface area contributed by atoms with Gasteiger partial charge in [-0.1, -0.05) is 13.0 Å². The third-order valence-corrected chi connectivity index (χ3v) is 2.55. The fraction of sp³-hybridized carbons (Fsp3) is 0.308. The van der Waals surface area contributed by atoms with Crippen LogP contribution in [-0.2, 0) is 6.54 Å². The van der Waals surface area contributed by atoms with Crippen molar-refractivity contribution >= 4 is 0 Å². The molecule has 2 rings (SSSR count). The number of rotatable bonds is 5. The maximum absolute atomic E-state index is 8.90. The van der Waals surface area contributed by atoms with Crippen LogP contribution in [0.2, 0.25) is 0 Å². The first-order chi connectivity index (χ1) is 8.85. The summed E-state index contributed by atoms with van der Waals surface area (Å²) in [6.45, 7) is 3.95. The summed E-state index contributed by atoms with van der Waals surface area (Å²) in [4.78, 5) is 8.28. The van der Waals surface area contributed by atoms with Crippen molar-refractivity contribution in [1.29, 1.82) is 5.26 Å². The van der Waals surface area contributed by atoms with Gasteiger partial charge in [0.05, 0.1) is 0 Å². The fourth-order valence-electron chi connectivity index (χ4n) is 1.64. The largest absolute Gasteiger partial charge is 0.313 e. The average Bonchev–Trinajstić information content (AvgIpc) is 2.88. The number of nitrogens with zero attached hydrogens (tertiary/aromatic N) is 4. The molecule has 0 spiro atoms. The molecule has 0 unspecified atom stereocenters. The molecule has 0 aromatic carbocycles. The van der Waals surface area contributed by atoms with Crippen molar-refractivity contribution in [3.8, 4) is 11.9 Å². The number of pyridine rings is 1. The molecule has 92 valence electrons. The first-order valence-electron chi connectivity index (χ1n) is 5.94. The number of hydrogen-bond donors (Lipinski definition) is 1. The minimum absolute atomic E-state index is 0.347. The van der Waals surface area contributed by atoms with Gasteiger partial charge < -0.3 is 5.32 Å². The second kappa shape index (κ2) is 5.94. The number of nitrogens with one attached hydrogen (secondary N) is 1. The van der Waals surface area contributed by atoms with Crippen LogP contribution in [0.25, 0.3) is 5.82 Å². The van der Waals surface area contributed by atoms with Crippen molar-refractivity contribution in [3.63, 3.8) is 0 Å². The predicted molar refractivity (Wildman–Crippen MR) is 68.1 cm³/mol. The fourth-order valence-corrected chi connectivity index (χ4v) is 1.64. The van der Waals surface area contributed by atoms with Gasteiger partial charge in [-0.3, -0.25) is 4.57 Å². The molecule has 0 radical (unpaired) electrons. The zero-order valence-corrected chi connectivity index (χ0v) is 10.3. The lowest BCUT2D eigenvalue weighted by Gasteiger charge is -2.05. The minimum atomic E-state index is 0.347. The second-order valence-electron chi connectivity index (χ2n) is 3.93. The van der Waals surface area contributed by atoms with E-state index in [-0.39, 0.29) is 0 Å². The van der Waals surface area contributed by atoms with Gasteiger partial charge in [-0.25, -0.2) is 9.97 Å². The minimum Gasteiger partial charge on any atom is -0.313 e. The van der Waals surface area contributed by atoms with E-state index in [1.54, 1.807) is 17.0 Å². The van der Waals surface area contributed by atoms with E-state index in [4.69, 9.17) is 5.26 Å². The number of hydrogen-bond acceptors (Lipinski definition) is 4. The van der Waals surface area contributed by atoms with Crippen molar-refractivity contribution in [3.05, 3.63) is 42.1 Å². The van der Waals surface area contributed by atoms with Gasteiger partial charge in [-0.05, 0) is 24.6 Å². The molecule has 0 aliphatic carbocycles. The summed E-state index contributed by atoms with van der Waals surface area (Å²) in [6.07, 6.45) is 6.26. The highest BCUT2D eigenvalue weighted by molar-refractivity contribution is 5.30. The van der Waals surface area contributed by atoms with Crippen LogP contribution in [0.4, 0.5) is 0 Å². The normalized spacial score (nSPS) is 10.2. The molecule has 2 aromatic heterocycles. The Balaban J connectivity index is 2.11. The number of imidazole rings is 1. The summed E-state index contributed by atoms with van der Waals surface area (Å²) in [5.74, 6) is 1.06. The summed E-state index contributed by atoms with van der Waals surface area (Å²) < 4.78 is 1.67. The Labute approximate surface area is 106 Å². The summed E-state index contributed by atoms with van der Waals surface area (Å²) in [7, 11) is 0. The third kappa shape index (κ3) is 2.73. The van der Waals surface area contributed by atoms with Gasteiger partial charge in [-0.15, -0.1) is 0 Å². The molecule has 0 saturated heterocycles. The summed E-state index contributed by atoms with van der Waals surface area (Å²) in [5.41, 5.74) is 1.13. The van der Waals surface area contributed by atoms with Gasteiger partial charge in [0.2, 0.25) is 5.82 Å². The van der Waals surface area contributed by atoms with E-state index in [1.807, 2.05) is 24.4 Å². The molecule has 5 heteroatoms. The second-order valence-corrected chi connectivity index (χ2v) is 3.93.